The molecule has 0 fully saturated rings. The van der Waals surface area contributed by atoms with Crippen molar-refractivity contribution in [3.63, 3.8) is 0 Å². The molecule has 0 aromatic carbocycles. The third-order valence-corrected chi connectivity index (χ3v) is 3.18. The van der Waals surface area contributed by atoms with E-state index in [-0.39, 0.29) is 11.9 Å². The Morgan fingerprint density at radius 2 is 1.59 bits per heavy atom. The first-order chi connectivity index (χ1) is 8.02. The molecule has 0 spiro atoms. The molecule has 0 heterocycles. The molecular formula is C14H30N2O. The minimum absolute atomic E-state index is 0.00625. The number of carbonyl (C=O) groups is 1. The molecule has 3 nitrogen and oxygen atoms in total. The van der Waals surface area contributed by atoms with Gasteiger partial charge in [0.25, 0.3) is 0 Å². The average Bonchev–Trinajstić information content (AvgIpc) is 2.28. The number of hydrogen-bond donors (Lipinski definition) is 1. The zero-order chi connectivity index (χ0) is 13.3. The van der Waals surface area contributed by atoms with Crippen molar-refractivity contribution in [2.45, 2.75) is 65.8 Å². The fourth-order valence-electron chi connectivity index (χ4n) is 1.63. The fraction of sp³-hybridized carbons (Fsp3) is 0.929. The van der Waals surface area contributed by atoms with Gasteiger partial charge in [-0.15, -0.1) is 0 Å². The van der Waals surface area contributed by atoms with Crippen molar-refractivity contribution in [3.05, 3.63) is 0 Å². The van der Waals surface area contributed by atoms with Crippen LogP contribution in [0.1, 0.15) is 59.8 Å². The van der Waals surface area contributed by atoms with Gasteiger partial charge in [-0.1, -0.05) is 40.5 Å². The molecule has 102 valence electrons. The molecule has 0 aliphatic carbocycles. The smallest absolute Gasteiger partial charge is 0.224 e. The SMILES string of the molecule is CCCCN(CCCC)C(=O)CC(N)C(C)C. The van der Waals surface area contributed by atoms with E-state index in [1.807, 2.05) is 4.90 Å². The molecule has 0 saturated heterocycles. The predicted octanol–water partition coefficient (Wildman–Crippen LogP) is 2.79. The van der Waals surface area contributed by atoms with E-state index in [1.54, 1.807) is 0 Å². The van der Waals surface area contributed by atoms with Crippen LogP contribution in [0, 0.1) is 5.92 Å². The first-order valence-corrected chi connectivity index (χ1v) is 7.06. The molecule has 1 atom stereocenters. The Morgan fingerprint density at radius 1 is 1.12 bits per heavy atom. The van der Waals surface area contributed by atoms with E-state index in [2.05, 4.69) is 27.7 Å². The second-order valence-electron chi connectivity index (χ2n) is 5.20. The lowest BCUT2D eigenvalue weighted by molar-refractivity contribution is -0.132. The number of hydrogen-bond acceptors (Lipinski definition) is 2. The summed E-state index contributed by atoms with van der Waals surface area (Å²) < 4.78 is 0. The van der Waals surface area contributed by atoms with Crippen molar-refractivity contribution in [2.75, 3.05) is 13.1 Å². The van der Waals surface area contributed by atoms with E-state index in [1.165, 1.54) is 0 Å². The van der Waals surface area contributed by atoms with E-state index < -0.39 is 0 Å². The quantitative estimate of drug-likeness (QED) is 0.676. The summed E-state index contributed by atoms with van der Waals surface area (Å²) in [6.45, 7) is 10.2. The number of amides is 1. The van der Waals surface area contributed by atoms with Gasteiger partial charge in [-0.2, -0.15) is 0 Å². The fourth-order valence-corrected chi connectivity index (χ4v) is 1.63. The summed E-state index contributed by atoms with van der Waals surface area (Å²) in [6.07, 6.45) is 4.93. The van der Waals surface area contributed by atoms with Gasteiger partial charge in [-0.3, -0.25) is 4.79 Å². The van der Waals surface area contributed by atoms with Gasteiger partial charge in [-0.25, -0.2) is 0 Å². The maximum Gasteiger partial charge on any atom is 0.224 e. The number of rotatable bonds is 9. The van der Waals surface area contributed by atoms with Crippen LogP contribution in [0.2, 0.25) is 0 Å². The Morgan fingerprint density at radius 3 is 1.94 bits per heavy atom. The number of nitrogens with two attached hydrogens (primary N) is 1. The van der Waals surface area contributed by atoms with E-state index in [0.29, 0.717) is 12.3 Å². The number of unbranched alkanes of at least 4 members (excludes halogenated alkanes) is 2. The largest absolute Gasteiger partial charge is 0.343 e. The Balaban J connectivity index is 4.20. The van der Waals surface area contributed by atoms with Crippen LogP contribution >= 0.6 is 0 Å². The van der Waals surface area contributed by atoms with Crippen LogP contribution in [-0.4, -0.2) is 29.9 Å². The van der Waals surface area contributed by atoms with Gasteiger partial charge in [-0.05, 0) is 18.8 Å². The lowest BCUT2D eigenvalue weighted by Gasteiger charge is -2.25. The lowest BCUT2D eigenvalue weighted by Crippen LogP contribution is -2.39. The molecule has 0 radical (unpaired) electrons. The molecule has 3 heteroatoms. The van der Waals surface area contributed by atoms with Crippen LogP contribution in [0.25, 0.3) is 0 Å². The van der Waals surface area contributed by atoms with Crippen LogP contribution in [0.3, 0.4) is 0 Å². The van der Waals surface area contributed by atoms with Gasteiger partial charge in [0.05, 0.1) is 0 Å². The highest BCUT2D eigenvalue weighted by Gasteiger charge is 2.17. The Kier molecular flexibility index (Phi) is 9.14. The first-order valence-electron chi connectivity index (χ1n) is 7.06. The molecule has 1 unspecified atom stereocenters. The maximum atomic E-state index is 12.1. The molecule has 2 N–H and O–H groups in total. The molecule has 0 bridgehead atoms. The summed E-state index contributed by atoms with van der Waals surface area (Å²) in [5.74, 6) is 0.603. The first kappa shape index (κ1) is 16.4. The van der Waals surface area contributed by atoms with Crippen LogP contribution in [-0.2, 0) is 4.79 Å². The van der Waals surface area contributed by atoms with Gasteiger partial charge >= 0.3 is 0 Å². The van der Waals surface area contributed by atoms with Crippen molar-refractivity contribution in [1.29, 1.82) is 0 Å². The number of carbonyl (C=O) groups excluding carboxylic acids is 1. The summed E-state index contributed by atoms with van der Waals surface area (Å²) in [5, 5.41) is 0. The second kappa shape index (κ2) is 9.46. The molecule has 17 heavy (non-hydrogen) atoms. The van der Waals surface area contributed by atoms with Gasteiger partial charge in [0.1, 0.15) is 0 Å². The highest BCUT2D eigenvalue weighted by Crippen LogP contribution is 2.08. The maximum absolute atomic E-state index is 12.1. The molecule has 0 aliphatic heterocycles. The van der Waals surface area contributed by atoms with E-state index in [4.69, 9.17) is 5.73 Å². The standard InChI is InChI=1S/C14H30N2O/c1-5-7-9-16(10-8-6-2)14(17)11-13(15)12(3)4/h12-13H,5-11,15H2,1-4H3. The highest BCUT2D eigenvalue weighted by molar-refractivity contribution is 5.76. The normalized spacial score (nSPS) is 12.8. The van der Waals surface area contributed by atoms with Crippen LogP contribution in [0.5, 0.6) is 0 Å². The third-order valence-electron chi connectivity index (χ3n) is 3.18. The van der Waals surface area contributed by atoms with E-state index >= 15 is 0 Å². The Labute approximate surface area is 107 Å². The van der Waals surface area contributed by atoms with Crippen LogP contribution in [0.4, 0.5) is 0 Å². The average molecular weight is 242 g/mol. The Bertz CT molecular complexity index is 196. The Hall–Kier alpha value is -0.570. The minimum atomic E-state index is -0.00625. The summed E-state index contributed by atoms with van der Waals surface area (Å²) in [5.41, 5.74) is 5.97. The van der Waals surface area contributed by atoms with Crippen LogP contribution < -0.4 is 5.73 Å². The molecule has 1 amide bonds. The summed E-state index contributed by atoms with van der Waals surface area (Å²) in [7, 11) is 0. The van der Waals surface area contributed by atoms with Gasteiger partial charge in [0.15, 0.2) is 0 Å². The van der Waals surface area contributed by atoms with E-state index in [9.17, 15) is 4.79 Å². The van der Waals surface area contributed by atoms with Crippen LogP contribution in [0.15, 0.2) is 0 Å². The molecule has 0 aliphatic rings. The summed E-state index contributed by atoms with van der Waals surface area (Å²) in [4.78, 5) is 14.1. The van der Waals surface area contributed by atoms with Crippen molar-refractivity contribution in [3.8, 4) is 0 Å². The molecule has 0 aromatic heterocycles. The monoisotopic (exact) mass is 242 g/mol. The second-order valence-corrected chi connectivity index (χ2v) is 5.20. The topological polar surface area (TPSA) is 46.3 Å². The zero-order valence-electron chi connectivity index (χ0n) is 12.0. The number of nitrogens with zero attached hydrogens (tertiary/aromatic N) is 1. The highest BCUT2D eigenvalue weighted by atomic mass is 16.2. The van der Waals surface area contributed by atoms with Crippen molar-refractivity contribution in [2.24, 2.45) is 11.7 Å². The van der Waals surface area contributed by atoms with Gasteiger partial charge in [0, 0.05) is 25.6 Å². The van der Waals surface area contributed by atoms with Gasteiger partial charge in [0.2, 0.25) is 5.91 Å². The minimum Gasteiger partial charge on any atom is -0.343 e. The summed E-state index contributed by atoms with van der Waals surface area (Å²) in [6, 6.07) is -0.00625. The summed E-state index contributed by atoms with van der Waals surface area (Å²) >= 11 is 0. The third kappa shape index (κ3) is 7.37. The predicted molar refractivity (Wildman–Crippen MR) is 73.8 cm³/mol. The molecule has 0 aromatic rings. The van der Waals surface area contributed by atoms with Crippen molar-refractivity contribution in [1.82, 2.24) is 4.90 Å². The molecule has 0 rings (SSSR count). The van der Waals surface area contributed by atoms with Crippen molar-refractivity contribution < 1.29 is 4.79 Å². The molecule has 0 saturated carbocycles. The zero-order valence-corrected chi connectivity index (χ0v) is 12.0. The van der Waals surface area contributed by atoms with Crippen molar-refractivity contribution >= 4 is 5.91 Å². The van der Waals surface area contributed by atoms with Gasteiger partial charge < -0.3 is 10.6 Å². The molecular weight excluding hydrogens is 212 g/mol. The lowest BCUT2D eigenvalue weighted by atomic mass is 10.0. The van der Waals surface area contributed by atoms with E-state index in [0.717, 1.165) is 38.8 Å².